The van der Waals surface area contributed by atoms with Crippen molar-refractivity contribution in [1.82, 2.24) is 0 Å². The number of carbonyl (C=O) groups is 2. The third kappa shape index (κ3) is 21.9. The van der Waals surface area contributed by atoms with Crippen LogP contribution in [0.4, 0.5) is 0 Å². The Labute approximate surface area is 186 Å². The Bertz CT molecular complexity index is 401. The number of rotatable bonds is 22. The lowest BCUT2D eigenvalue weighted by Gasteiger charge is -2.06. The van der Waals surface area contributed by atoms with Gasteiger partial charge in [-0.25, -0.2) is 4.57 Å². The van der Waals surface area contributed by atoms with Crippen molar-refractivity contribution in [3.63, 3.8) is 0 Å². The first-order chi connectivity index (χ1) is 14.6. The molecule has 0 fully saturated rings. The van der Waals surface area contributed by atoms with Gasteiger partial charge in [-0.1, -0.05) is 117 Å². The predicted molar refractivity (Wildman–Crippen MR) is 125 cm³/mol. The maximum Gasteiger partial charge on any atom is 0.423 e. The summed E-state index contributed by atoms with van der Waals surface area (Å²) in [6, 6.07) is 0. The van der Waals surface area contributed by atoms with Gasteiger partial charge in [0, 0.05) is 12.8 Å². The summed E-state index contributed by atoms with van der Waals surface area (Å²) in [5.74, 6) is -1.06. The van der Waals surface area contributed by atoms with Gasteiger partial charge in [0.25, 0.3) is 0 Å². The molecule has 0 atom stereocenters. The molecule has 0 amide bonds. The Kier molecular flexibility index (Phi) is 22.2. The molecule has 178 valence electrons. The topological polar surface area (TPSA) is 69.7 Å². The van der Waals surface area contributed by atoms with E-state index < -0.39 is 20.2 Å². The second-order valence-electron chi connectivity index (χ2n) is 8.35. The molecule has 5 nitrogen and oxygen atoms in total. The molecule has 0 rings (SSSR count). The number of hydrogen-bond donors (Lipinski definition) is 0. The van der Waals surface area contributed by atoms with E-state index in [9.17, 15) is 14.2 Å². The van der Waals surface area contributed by atoms with Crippen molar-refractivity contribution in [1.29, 1.82) is 0 Å². The average Bonchev–Trinajstić information content (AvgIpc) is 2.71. The Morgan fingerprint density at radius 2 is 0.767 bits per heavy atom. The van der Waals surface area contributed by atoms with Gasteiger partial charge in [0.2, 0.25) is 0 Å². The molecule has 0 aliphatic rings. The first-order valence-corrected chi connectivity index (χ1v) is 13.8. The number of hydrogen-bond acceptors (Lipinski definition) is 5. The van der Waals surface area contributed by atoms with Crippen LogP contribution in [0.2, 0.25) is 0 Å². The summed E-state index contributed by atoms with van der Waals surface area (Å²) in [6.45, 7) is 4.43. The van der Waals surface area contributed by atoms with Crippen molar-refractivity contribution in [2.24, 2.45) is 0 Å². The largest absolute Gasteiger partial charge is 0.423 e. The molecule has 0 spiro atoms. The maximum absolute atomic E-state index is 11.7. The fourth-order valence-corrected chi connectivity index (χ4v) is 4.09. The van der Waals surface area contributed by atoms with Crippen LogP contribution in [0.15, 0.2) is 0 Å². The molecule has 0 saturated carbocycles. The smallest absolute Gasteiger partial charge is 0.385 e. The van der Waals surface area contributed by atoms with E-state index >= 15 is 0 Å². The highest BCUT2D eigenvalue weighted by molar-refractivity contribution is 7.34. The van der Waals surface area contributed by atoms with Gasteiger partial charge in [-0.3, -0.25) is 9.59 Å². The van der Waals surface area contributed by atoms with Crippen LogP contribution in [0.1, 0.15) is 142 Å². The monoisotopic (exact) mass is 446 g/mol. The quantitative estimate of drug-likeness (QED) is 0.123. The molecule has 0 aromatic carbocycles. The highest BCUT2D eigenvalue weighted by Crippen LogP contribution is 2.26. The van der Waals surface area contributed by atoms with Crippen LogP contribution < -0.4 is 0 Å². The van der Waals surface area contributed by atoms with E-state index in [1.165, 1.54) is 77.0 Å². The fourth-order valence-electron chi connectivity index (χ4n) is 3.47. The molecule has 0 aliphatic heterocycles. The molecule has 0 unspecified atom stereocenters. The molecule has 0 aromatic rings. The van der Waals surface area contributed by atoms with Crippen LogP contribution >= 0.6 is 8.25 Å². The summed E-state index contributed by atoms with van der Waals surface area (Å²) in [5.41, 5.74) is 0. The zero-order valence-corrected chi connectivity index (χ0v) is 20.7. The van der Waals surface area contributed by atoms with Crippen LogP contribution in [0.25, 0.3) is 0 Å². The van der Waals surface area contributed by atoms with Crippen LogP contribution in [0.5, 0.6) is 0 Å². The summed E-state index contributed by atoms with van der Waals surface area (Å²) < 4.78 is 21.2. The molecule has 0 radical (unpaired) electrons. The first kappa shape index (κ1) is 29.2. The van der Waals surface area contributed by atoms with E-state index in [0.29, 0.717) is 0 Å². The van der Waals surface area contributed by atoms with Crippen molar-refractivity contribution in [2.45, 2.75) is 142 Å². The lowest BCUT2D eigenvalue weighted by atomic mass is 10.1. The van der Waals surface area contributed by atoms with E-state index in [4.69, 9.17) is 9.05 Å². The van der Waals surface area contributed by atoms with Crippen LogP contribution in [0.3, 0.4) is 0 Å². The van der Waals surface area contributed by atoms with Gasteiger partial charge < -0.3 is 9.05 Å². The predicted octanol–water partition coefficient (Wildman–Crippen LogP) is 8.30. The molecule has 0 aliphatic carbocycles. The Balaban J connectivity index is 3.50. The summed E-state index contributed by atoms with van der Waals surface area (Å²) in [7, 11) is -3.06. The Morgan fingerprint density at radius 3 is 1.07 bits per heavy atom. The van der Waals surface area contributed by atoms with Crippen molar-refractivity contribution >= 4 is 20.2 Å². The lowest BCUT2D eigenvalue weighted by molar-refractivity contribution is -0.138. The summed E-state index contributed by atoms with van der Waals surface area (Å²) >= 11 is 0. The van der Waals surface area contributed by atoms with Gasteiger partial charge in [-0.2, -0.15) is 0 Å². The van der Waals surface area contributed by atoms with Crippen molar-refractivity contribution in [3.8, 4) is 0 Å². The normalized spacial score (nSPS) is 11.0. The third-order valence-corrected chi connectivity index (χ3v) is 6.15. The van der Waals surface area contributed by atoms with E-state index in [0.717, 1.165) is 38.5 Å². The van der Waals surface area contributed by atoms with Gasteiger partial charge in [-0.15, -0.1) is 0 Å². The molecule has 0 bridgehead atoms. The second-order valence-corrected chi connectivity index (χ2v) is 9.26. The first-order valence-electron chi connectivity index (χ1n) is 12.6. The summed E-state index contributed by atoms with van der Waals surface area (Å²) in [4.78, 5) is 23.4. The van der Waals surface area contributed by atoms with Crippen molar-refractivity contribution in [2.75, 3.05) is 0 Å². The number of carbonyl (C=O) groups excluding carboxylic acids is 2. The number of unbranched alkanes of at least 4 members (excludes halogenated alkanes) is 16. The lowest BCUT2D eigenvalue weighted by Crippen LogP contribution is -2.03. The van der Waals surface area contributed by atoms with Gasteiger partial charge in [0.05, 0.1) is 0 Å². The Morgan fingerprint density at radius 1 is 0.500 bits per heavy atom. The molecule has 0 aromatic heterocycles. The third-order valence-electron chi connectivity index (χ3n) is 5.36. The van der Waals surface area contributed by atoms with E-state index in [1.54, 1.807) is 0 Å². The molecular weight excluding hydrogens is 399 g/mol. The van der Waals surface area contributed by atoms with Gasteiger partial charge >= 0.3 is 20.2 Å². The standard InChI is InChI=1S/C24H47O5P/c1-3-5-7-9-11-13-15-17-19-21-23(25)28-30(27)29-24(26)22-20-18-16-14-12-10-8-6-4-2/h30H,3-22H2,1-2H3. The molecule has 0 heterocycles. The van der Waals surface area contributed by atoms with E-state index in [2.05, 4.69) is 13.8 Å². The molecule has 30 heavy (non-hydrogen) atoms. The minimum absolute atomic E-state index is 0.238. The summed E-state index contributed by atoms with van der Waals surface area (Å²) in [6.07, 6.45) is 21.4. The van der Waals surface area contributed by atoms with Gasteiger partial charge in [-0.05, 0) is 12.8 Å². The SMILES string of the molecule is CCCCCCCCCCCC(=O)O[PH](=O)OC(=O)CCCCCCCCCCC. The summed E-state index contributed by atoms with van der Waals surface area (Å²) in [5, 5.41) is 0. The minimum Gasteiger partial charge on any atom is -0.385 e. The van der Waals surface area contributed by atoms with Gasteiger partial charge in [0.1, 0.15) is 0 Å². The van der Waals surface area contributed by atoms with Crippen molar-refractivity contribution in [3.05, 3.63) is 0 Å². The van der Waals surface area contributed by atoms with E-state index in [-0.39, 0.29) is 12.8 Å². The van der Waals surface area contributed by atoms with Crippen molar-refractivity contribution < 1.29 is 23.2 Å². The van der Waals surface area contributed by atoms with Crippen LogP contribution in [-0.2, 0) is 23.2 Å². The second kappa shape index (κ2) is 22.8. The molecule has 6 heteroatoms. The minimum atomic E-state index is -3.06. The molecular formula is C24H47O5P. The average molecular weight is 447 g/mol. The van der Waals surface area contributed by atoms with Gasteiger partial charge in [0.15, 0.2) is 0 Å². The highest BCUT2D eigenvalue weighted by Gasteiger charge is 2.13. The fraction of sp³-hybridized carbons (Fsp3) is 0.917. The van der Waals surface area contributed by atoms with E-state index in [1.807, 2.05) is 0 Å². The zero-order chi connectivity index (χ0) is 22.3. The van der Waals surface area contributed by atoms with Crippen LogP contribution in [0, 0.1) is 0 Å². The molecule has 0 saturated heterocycles. The zero-order valence-electron chi connectivity index (χ0n) is 19.7. The highest BCUT2D eigenvalue weighted by atomic mass is 31.1. The maximum atomic E-state index is 11.7. The Hall–Kier alpha value is -0.830. The molecule has 0 N–H and O–H groups in total. The van der Waals surface area contributed by atoms with Crippen LogP contribution in [-0.4, -0.2) is 11.9 Å².